The molecule has 2 aliphatic rings. The number of pyridine rings is 1. The number of imide groups is 1. The normalized spacial score (nSPS) is 17.8. The zero-order valence-electron chi connectivity index (χ0n) is 22.8. The van der Waals surface area contributed by atoms with E-state index in [1.807, 2.05) is 0 Å². The van der Waals surface area contributed by atoms with E-state index in [0.717, 1.165) is 43.0 Å². The predicted octanol–water partition coefficient (Wildman–Crippen LogP) is 5.82. The van der Waals surface area contributed by atoms with Gasteiger partial charge in [0.15, 0.2) is 0 Å². The summed E-state index contributed by atoms with van der Waals surface area (Å²) in [6.07, 6.45) is -1.56. The molecule has 2 saturated heterocycles. The molecule has 42 heavy (non-hydrogen) atoms. The molecule has 1 aromatic carbocycles. The minimum Gasteiger partial charge on any atom is -0.305 e. The van der Waals surface area contributed by atoms with Crippen molar-refractivity contribution in [1.82, 2.24) is 14.8 Å². The Kier molecular flexibility index (Phi) is 9.11. The number of hydrogen-bond donors (Lipinski definition) is 0. The number of aromatic nitrogens is 1. The molecule has 4 rings (SSSR count). The molecule has 2 aromatic rings. The number of urea groups is 1. The van der Waals surface area contributed by atoms with Crippen LogP contribution >= 0.6 is 11.8 Å². The Hall–Kier alpha value is -3.33. The average Bonchev–Trinajstić information content (AvgIpc) is 3.47. The van der Waals surface area contributed by atoms with Crippen LogP contribution in [-0.4, -0.2) is 76.0 Å². The summed E-state index contributed by atoms with van der Waals surface area (Å²) in [6.45, 7) is 4.80. The number of halogens is 6. The lowest BCUT2D eigenvalue weighted by Crippen LogP contribution is -2.44. The van der Waals surface area contributed by atoms with Crippen LogP contribution in [0.15, 0.2) is 47.5 Å². The number of nitrogens with zero attached hydrogens (tertiary/aromatic N) is 5. The van der Waals surface area contributed by atoms with E-state index in [0.29, 0.717) is 23.4 Å². The molecule has 0 radical (unpaired) electrons. The number of amides is 4. The number of alkyl halides is 6. The number of carbonyl (C=O) groups is 3. The van der Waals surface area contributed by atoms with E-state index in [2.05, 4.69) is 9.88 Å². The van der Waals surface area contributed by atoms with E-state index in [9.17, 15) is 40.7 Å². The van der Waals surface area contributed by atoms with Crippen molar-refractivity contribution >= 4 is 41.1 Å². The van der Waals surface area contributed by atoms with Gasteiger partial charge in [0.1, 0.15) is 11.4 Å². The molecule has 0 N–H and O–H groups in total. The van der Waals surface area contributed by atoms with Crippen LogP contribution in [0.2, 0.25) is 0 Å². The highest BCUT2D eigenvalue weighted by molar-refractivity contribution is 8.00. The summed E-state index contributed by atoms with van der Waals surface area (Å²) in [5, 5.41) is 0. The van der Waals surface area contributed by atoms with Crippen LogP contribution in [0.5, 0.6) is 0 Å². The maximum Gasteiger partial charge on any atom is 0.471 e. The molecule has 0 spiro atoms. The second-order valence-electron chi connectivity index (χ2n) is 10.5. The molecule has 2 fully saturated rings. The molecule has 4 amide bonds. The van der Waals surface area contributed by atoms with E-state index in [1.54, 1.807) is 0 Å². The summed E-state index contributed by atoms with van der Waals surface area (Å²) < 4.78 is 78.5. The molecular formula is C27H29F6N5O3S. The Bertz CT molecular complexity index is 1310. The van der Waals surface area contributed by atoms with Crippen LogP contribution in [0.25, 0.3) is 0 Å². The minimum absolute atomic E-state index is 0.0717. The standard InChI is InChI=1S/C27H29F6N5O3S/c1-25(2)22(39)38(19-6-8-20(9-7-19)42-27(31,32)33)24(41)37(25)17-18-10-11-34-21(16-18)36(23(40)26(28,29)30)15-5-14-35-12-3-4-13-35/h6-11,16H,3-5,12-15,17H2,1-2H3. The van der Waals surface area contributed by atoms with Crippen LogP contribution < -0.4 is 9.80 Å². The highest BCUT2D eigenvalue weighted by Crippen LogP contribution is 2.39. The van der Waals surface area contributed by atoms with Crippen LogP contribution in [0, 0.1) is 0 Å². The monoisotopic (exact) mass is 617 g/mol. The molecule has 8 nitrogen and oxygen atoms in total. The van der Waals surface area contributed by atoms with Gasteiger partial charge >= 0.3 is 23.6 Å². The van der Waals surface area contributed by atoms with Crippen LogP contribution in [0.3, 0.4) is 0 Å². The lowest BCUT2D eigenvalue weighted by molar-refractivity contribution is -0.170. The first-order chi connectivity index (χ1) is 19.6. The minimum atomic E-state index is -5.13. The highest BCUT2D eigenvalue weighted by Gasteiger charge is 2.52. The molecule has 0 saturated carbocycles. The Morgan fingerprint density at radius 1 is 1.02 bits per heavy atom. The van der Waals surface area contributed by atoms with Crippen LogP contribution in [0.4, 0.5) is 42.6 Å². The second kappa shape index (κ2) is 12.1. The molecule has 15 heteroatoms. The fourth-order valence-electron chi connectivity index (χ4n) is 4.95. The zero-order valence-corrected chi connectivity index (χ0v) is 23.7. The summed E-state index contributed by atoms with van der Waals surface area (Å²) in [5.41, 5.74) is -5.50. The van der Waals surface area contributed by atoms with Crippen LogP contribution in [-0.2, 0) is 16.1 Å². The number of thioether (sulfide) groups is 1. The number of carbonyl (C=O) groups excluding carboxylic acids is 3. The number of benzene rings is 1. The zero-order chi connectivity index (χ0) is 30.9. The molecule has 0 atom stereocenters. The predicted molar refractivity (Wildman–Crippen MR) is 144 cm³/mol. The Morgan fingerprint density at radius 2 is 1.67 bits per heavy atom. The van der Waals surface area contributed by atoms with Gasteiger partial charge in [0.05, 0.1) is 5.69 Å². The van der Waals surface area contributed by atoms with Crippen molar-refractivity contribution in [3.8, 4) is 0 Å². The molecule has 3 heterocycles. The van der Waals surface area contributed by atoms with Crippen molar-refractivity contribution in [3.05, 3.63) is 48.2 Å². The topological polar surface area (TPSA) is 77.1 Å². The van der Waals surface area contributed by atoms with E-state index in [-0.39, 0.29) is 41.3 Å². The third-order valence-electron chi connectivity index (χ3n) is 7.12. The quantitative estimate of drug-likeness (QED) is 0.201. The number of rotatable bonds is 9. The smallest absolute Gasteiger partial charge is 0.305 e. The van der Waals surface area contributed by atoms with Gasteiger partial charge in [-0.1, -0.05) is 0 Å². The van der Waals surface area contributed by atoms with Crippen molar-refractivity contribution in [2.24, 2.45) is 0 Å². The van der Waals surface area contributed by atoms with Gasteiger partial charge in [0.2, 0.25) is 0 Å². The van der Waals surface area contributed by atoms with E-state index in [4.69, 9.17) is 0 Å². The maximum atomic E-state index is 13.5. The fraction of sp³-hybridized carbons (Fsp3) is 0.481. The number of hydrogen-bond acceptors (Lipinski definition) is 6. The molecular weight excluding hydrogens is 588 g/mol. The lowest BCUT2D eigenvalue weighted by atomic mass is 10.0. The highest BCUT2D eigenvalue weighted by atomic mass is 32.2. The van der Waals surface area contributed by atoms with Gasteiger partial charge in [-0.15, -0.1) is 0 Å². The van der Waals surface area contributed by atoms with Gasteiger partial charge < -0.3 is 9.80 Å². The molecule has 0 aliphatic carbocycles. The van der Waals surface area contributed by atoms with Crippen molar-refractivity contribution in [2.45, 2.75) is 61.8 Å². The van der Waals surface area contributed by atoms with Crippen LogP contribution in [0.1, 0.15) is 38.7 Å². The van der Waals surface area contributed by atoms with Gasteiger partial charge in [-0.25, -0.2) is 14.7 Å². The maximum absolute atomic E-state index is 13.5. The molecule has 2 aliphatic heterocycles. The number of anilines is 2. The Morgan fingerprint density at radius 3 is 2.26 bits per heavy atom. The first-order valence-corrected chi connectivity index (χ1v) is 14.0. The van der Waals surface area contributed by atoms with Gasteiger partial charge in [-0.2, -0.15) is 26.3 Å². The third-order valence-corrected chi connectivity index (χ3v) is 7.86. The lowest BCUT2D eigenvalue weighted by Gasteiger charge is -2.28. The first-order valence-electron chi connectivity index (χ1n) is 13.2. The molecule has 228 valence electrons. The number of likely N-dealkylation sites (tertiary alicyclic amines) is 1. The van der Waals surface area contributed by atoms with Gasteiger partial charge in [-0.05, 0) is 106 Å². The summed E-state index contributed by atoms with van der Waals surface area (Å²) in [6, 6.07) is 6.74. The summed E-state index contributed by atoms with van der Waals surface area (Å²) in [4.78, 5) is 47.6. The van der Waals surface area contributed by atoms with Crippen molar-refractivity contribution in [3.63, 3.8) is 0 Å². The molecule has 1 aromatic heterocycles. The van der Waals surface area contributed by atoms with E-state index in [1.165, 1.54) is 49.2 Å². The Balaban J connectivity index is 1.54. The SMILES string of the molecule is CC1(C)C(=O)N(c2ccc(SC(F)(F)F)cc2)C(=O)N1Cc1ccnc(N(CCCN2CCCC2)C(=O)C(F)(F)F)c1. The largest absolute Gasteiger partial charge is 0.471 e. The van der Waals surface area contributed by atoms with Crippen molar-refractivity contribution in [1.29, 1.82) is 0 Å². The van der Waals surface area contributed by atoms with Gasteiger partial charge in [0.25, 0.3) is 5.91 Å². The van der Waals surface area contributed by atoms with Crippen molar-refractivity contribution < 1.29 is 40.7 Å². The summed E-state index contributed by atoms with van der Waals surface area (Å²) in [5.74, 6) is -2.92. The first kappa shape index (κ1) is 31.6. The van der Waals surface area contributed by atoms with E-state index >= 15 is 0 Å². The summed E-state index contributed by atoms with van der Waals surface area (Å²) in [7, 11) is 0. The molecule has 0 bridgehead atoms. The van der Waals surface area contributed by atoms with Gasteiger partial charge in [0, 0.05) is 24.2 Å². The second-order valence-corrected chi connectivity index (χ2v) is 11.6. The fourth-order valence-corrected chi connectivity index (χ4v) is 5.49. The Labute approximate surface area is 242 Å². The summed E-state index contributed by atoms with van der Waals surface area (Å²) >= 11 is -0.332. The molecule has 0 unspecified atom stereocenters. The third kappa shape index (κ3) is 7.17. The average molecular weight is 618 g/mol. The van der Waals surface area contributed by atoms with E-state index < -0.39 is 35.1 Å². The van der Waals surface area contributed by atoms with Gasteiger partial charge in [-0.3, -0.25) is 14.5 Å². The van der Waals surface area contributed by atoms with Crippen molar-refractivity contribution in [2.75, 3.05) is 36.0 Å².